The van der Waals surface area contributed by atoms with Crippen molar-refractivity contribution in [3.8, 4) is 0 Å². The normalized spacial score (nSPS) is 14.1. The van der Waals surface area contributed by atoms with E-state index >= 15 is 0 Å². The van der Waals surface area contributed by atoms with Gasteiger partial charge in [-0.15, -0.1) is 0 Å². The summed E-state index contributed by atoms with van der Waals surface area (Å²) in [5, 5.41) is 10.4. The van der Waals surface area contributed by atoms with Crippen molar-refractivity contribution in [1.29, 1.82) is 0 Å². The van der Waals surface area contributed by atoms with Gasteiger partial charge in [-0.05, 0) is 25.1 Å². The number of aromatic nitrogens is 1. The monoisotopic (exact) mass is 260 g/mol. The number of nitrogens with zero attached hydrogens (tertiary/aromatic N) is 1. The van der Waals surface area contributed by atoms with E-state index < -0.39 is 17.8 Å². The summed E-state index contributed by atoms with van der Waals surface area (Å²) in [6.07, 6.45) is 0.636. The molecule has 0 saturated heterocycles. The molecule has 0 aliphatic carbocycles. The zero-order valence-corrected chi connectivity index (χ0v) is 10.8. The smallest absolute Gasteiger partial charge is 0.129 e. The molecule has 0 spiro atoms. The highest BCUT2D eigenvalue weighted by molar-refractivity contribution is 5.29. The number of halogens is 1. The quantitative estimate of drug-likeness (QED) is 0.886. The molecule has 4 heteroatoms. The number of rotatable bonds is 4. The Kier molecular flexibility index (Phi) is 4.24. The SMILES string of the molecule is Cc1ccc(F)c(C(O)C(CN)c2ccccn2)c1. The Morgan fingerprint density at radius 3 is 2.74 bits per heavy atom. The molecule has 0 radical (unpaired) electrons. The van der Waals surface area contributed by atoms with Crippen molar-refractivity contribution in [2.45, 2.75) is 18.9 Å². The number of nitrogens with two attached hydrogens (primary N) is 1. The van der Waals surface area contributed by atoms with Crippen LogP contribution in [0.3, 0.4) is 0 Å². The van der Waals surface area contributed by atoms with Gasteiger partial charge in [0.05, 0.1) is 6.10 Å². The van der Waals surface area contributed by atoms with Gasteiger partial charge in [-0.3, -0.25) is 4.98 Å². The Hall–Kier alpha value is -1.78. The Balaban J connectivity index is 2.36. The lowest BCUT2D eigenvalue weighted by molar-refractivity contribution is 0.141. The average Bonchev–Trinajstić information content (AvgIpc) is 2.43. The maximum Gasteiger partial charge on any atom is 0.129 e. The van der Waals surface area contributed by atoms with Crippen LogP contribution in [0.15, 0.2) is 42.6 Å². The van der Waals surface area contributed by atoms with E-state index in [2.05, 4.69) is 4.98 Å². The van der Waals surface area contributed by atoms with Crippen molar-refractivity contribution in [3.63, 3.8) is 0 Å². The molecule has 1 heterocycles. The number of aliphatic hydroxyl groups excluding tert-OH is 1. The molecule has 2 atom stereocenters. The van der Waals surface area contributed by atoms with Gasteiger partial charge in [-0.1, -0.05) is 23.8 Å². The van der Waals surface area contributed by atoms with Crippen LogP contribution in [0.4, 0.5) is 4.39 Å². The number of benzene rings is 1. The molecule has 2 unspecified atom stereocenters. The first-order valence-electron chi connectivity index (χ1n) is 6.18. The zero-order valence-electron chi connectivity index (χ0n) is 10.8. The summed E-state index contributed by atoms with van der Waals surface area (Å²) in [7, 11) is 0. The molecule has 0 aliphatic rings. The van der Waals surface area contributed by atoms with Crippen LogP contribution in [0.5, 0.6) is 0 Å². The van der Waals surface area contributed by atoms with Gasteiger partial charge in [0.1, 0.15) is 5.82 Å². The standard InChI is InChI=1S/C15H17FN2O/c1-10-5-6-13(16)11(8-10)15(19)12(9-17)14-4-2-3-7-18-14/h2-8,12,15,19H,9,17H2,1H3. The molecule has 1 aromatic carbocycles. The molecule has 19 heavy (non-hydrogen) atoms. The molecule has 2 aromatic rings. The Labute approximate surface area is 111 Å². The molecule has 1 aromatic heterocycles. The fourth-order valence-electron chi connectivity index (χ4n) is 2.11. The summed E-state index contributed by atoms with van der Waals surface area (Å²) in [5.74, 6) is -0.843. The van der Waals surface area contributed by atoms with Gasteiger partial charge in [0.15, 0.2) is 0 Å². The summed E-state index contributed by atoms with van der Waals surface area (Å²) >= 11 is 0. The first-order chi connectivity index (χ1) is 9.13. The summed E-state index contributed by atoms with van der Waals surface area (Å²) in [5.41, 5.74) is 7.53. The van der Waals surface area contributed by atoms with Crippen molar-refractivity contribution in [3.05, 3.63) is 65.2 Å². The maximum atomic E-state index is 13.8. The van der Waals surface area contributed by atoms with E-state index in [9.17, 15) is 9.50 Å². The lowest BCUT2D eigenvalue weighted by atomic mass is 9.91. The molecule has 0 fully saturated rings. The van der Waals surface area contributed by atoms with Crippen molar-refractivity contribution in [1.82, 2.24) is 4.98 Å². The fraction of sp³-hybridized carbons (Fsp3) is 0.267. The van der Waals surface area contributed by atoms with E-state index in [1.807, 2.05) is 13.0 Å². The molecule has 0 saturated carbocycles. The number of hydrogen-bond donors (Lipinski definition) is 2. The van der Waals surface area contributed by atoms with E-state index in [4.69, 9.17) is 5.73 Å². The van der Waals surface area contributed by atoms with Crippen molar-refractivity contribution in [2.75, 3.05) is 6.54 Å². The third-order valence-corrected chi connectivity index (χ3v) is 3.17. The topological polar surface area (TPSA) is 59.1 Å². The third-order valence-electron chi connectivity index (χ3n) is 3.17. The highest BCUT2D eigenvalue weighted by Gasteiger charge is 2.25. The number of aliphatic hydroxyl groups is 1. The Morgan fingerprint density at radius 1 is 1.32 bits per heavy atom. The minimum atomic E-state index is -1.00. The van der Waals surface area contributed by atoms with Crippen LogP contribution in [0, 0.1) is 12.7 Å². The second-order valence-corrected chi connectivity index (χ2v) is 4.57. The van der Waals surface area contributed by atoms with Gasteiger partial charge >= 0.3 is 0 Å². The van der Waals surface area contributed by atoms with Crippen LogP contribution in [-0.2, 0) is 0 Å². The molecular weight excluding hydrogens is 243 g/mol. The van der Waals surface area contributed by atoms with E-state index in [0.29, 0.717) is 5.69 Å². The molecule has 3 nitrogen and oxygen atoms in total. The van der Waals surface area contributed by atoms with Gasteiger partial charge in [0.25, 0.3) is 0 Å². The fourth-order valence-corrected chi connectivity index (χ4v) is 2.11. The van der Waals surface area contributed by atoms with Crippen LogP contribution in [0.2, 0.25) is 0 Å². The van der Waals surface area contributed by atoms with Crippen molar-refractivity contribution in [2.24, 2.45) is 5.73 Å². The molecule has 100 valence electrons. The largest absolute Gasteiger partial charge is 0.388 e. The van der Waals surface area contributed by atoms with E-state index in [1.54, 1.807) is 30.5 Å². The van der Waals surface area contributed by atoms with Gasteiger partial charge < -0.3 is 10.8 Å². The van der Waals surface area contributed by atoms with E-state index in [0.717, 1.165) is 5.56 Å². The van der Waals surface area contributed by atoms with Crippen LogP contribution < -0.4 is 5.73 Å². The lowest BCUT2D eigenvalue weighted by Crippen LogP contribution is -2.22. The van der Waals surface area contributed by atoms with Crippen molar-refractivity contribution >= 4 is 0 Å². The number of hydrogen-bond acceptors (Lipinski definition) is 3. The summed E-state index contributed by atoms with van der Waals surface area (Å²) in [4.78, 5) is 4.19. The average molecular weight is 260 g/mol. The zero-order chi connectivity index (χ0) is 13.8. The molecule has 3 N–H and O–H groups in total. The van der Waals surface area contributed by atoms with Gasteiger partial charge in [-0.25, -0.2) is 4.39 Å². The van der Waals surface area contributed by atoms with Gasteiger partial charge in [0, 0.05) is 29.9 Å². The van der Waals surface area contributed by atoms with Crippen LogP contribution in [0.25, 0.3) is 0 Å². The van der Waals surface area contributed by atoms with Gasteiger partial charge in [0.2, 0.25) is 0 Å². The first kappa shape index (κ1) is 13.6. The second-order valence-electron chi connectivity index (χ2n) is 4.57. The van der Waals surface area contributed by atoms with Crippen LogP contribution in [0.1, 0.15) is 28.8 Å². The number of pyridine rings is 1. The molecular formula is C15H17FN2O. The Bertz CT molecular complexity index is 545. The minimum Gasteiger partial charge on any atom is -0.388 e. The molecule has 0 bridgehead atoms. The third kappa shape index (κ3) is 2.97. The predicted octanol–water partition coefficient (Wildman–Crippen LogP) is 2.31. The maximum absolute atomic E-state index is 13.8. The predicted molar refractivity (Wildman–Crippen MR) is 72.1 cm³/mol. The van der Waals surface area contributed by atoms with Crippen LogP contribution >= 0.6 is 0 Å². The molecule has 0 aliphatic heterocycles. The van der Waals surface area contributed by atoms with Crippen LogP contribution in [-0.4, -0.2) is 16.6 Å². The van der Waals surface area contributed by atoms with Gasteiger partial charge in [-0.2, -0.15) is 0 Å². The second kappa shape index (κ2) is 5.91. The molecule has 0 amide bonds. The van der Waals surface area contributed by atoms with Crippen molar-refractivity contribution < 1.29 is 9.50 Å². The minimum absolute atomic E-state index is 0.200. The molecule has 2 rings (SSSR count). The summed E-state index contributed by atoms with van der Waals surface area (Å²) in [6.45, 7) is 2.06. The lowest BCUT2D eigenvalue weighted by Gasteiger charge is -2.22. The summed E-state index contributed by atoms with van der Waals surface area (Å²) < 4.78 is 13.8. The van der Waals surface area contributed by atoms with E-state index in [1.165, 1.54) is 6.07 Å². The van der Waals surface area contributed by atoms with E-state index in [-0.39, 0.29) is 12.1 Å². The highest BCUT2D eigenvalue weighted by Crippen LogP contribution is 2.30. The highest BCUT2D eigenvalue weighted by atomic mass is 19.1. The first-order valence-corrected chi connectivity index (χ1v) is 6.18. The Morgan fingerprint density at radius 2 is 2.11 bits per heavy atom. The summed E-state index contributed by atoms with van der Waals surface area (Å²) in [6, 6.07) is 10.1. The number of aryl methyl sites for hydroxylation is 1.